The fourth-order valence-electron chi connectivity index (χ4n) is 1.75. The van der Waals surface area contributed by atoms with Gasteiger partial charge in [-0.15, -0.1) is 0 Å². The summed E-state index contributed by atoms with van der Waals surface area (Å²) in [6.07, 6.45) is 3.07. The largest absolute Gasteiger partial charge is 0.497 e. The zero-order chi connectivity index (χ0) is 15.1. The van der Waals surface area contributed by atoms with Gasteiger partial charge in [-0.2, -0.15) is 0 Å². The van der Waals surface area contributed by atoms with Crippen molar-refractivity contribution in [2.24, 2.45) is 0 Å². The predicted octanol–water partition coefficient (Wildman–Crippen LogP) is 2.30. The van der Waals surface area contributed by atoms with Crippen LogP contribution in [0.3, 0.4) is 0 Å². The average molecular weight is 302 g/mol. The van der Waals surface area contributed by atoms with E-state index in [1.165, 1.54) is 11.8 Å². The van der Waals surface area contributed by atoms with Crippen LogP contribution >= 0.6 is 11.8 Å². The summed E-state index contributed by atoms with van der Waals surface area (Å²) < 4.78 is 5.19. The molecule has 0 atom stereocenters. The zero-order valence-electron chi connectivity index (χ0n) is 11.4. The van der Waals surface area contributed by atoms with Crippen molar-refractivity contribution < 1.29 is 14.3 Å². The average Bonchev–Trinajstić information content (AvgIpc) is 2.54. The molecule has 0 bridgehead atoms. The predicted molar refractivity (Wildman–Crippen MR) is 79.6 cm³/mol. The van der Waals surface area contributed by atoms with Gasteiger partial charge in [-0.25, -0.2) is 4.98 Å². The Kier molecular flexibility index (Phi) is 5.34. The summed E-state index contributed by atoms with van der Waals surface area (Å²) in [5.74, 6) is 0.707. The van der Waals surface area contributed by atoms with E-state index in [1.54, 1.807) is 25.4 Å². The van der Waals surface area contributed by atoms with Crippen LogP contribution in [0.4, 0.5) is 0 Å². The van der Waals surface area contributed by atoms with Crippen molar-refractivity contribution in [3.63, 3.8) is 0 Å². The van der Waals surface area contributed by atoms with Gasteiger partial charge in [-0.1, -0.05) is 11.8 Å². The van der Waals surface area contributed by atoms with Gasteiger partial charge in [-0.3, -0.25) is 9.59 Å². The van der Waals surface area contributed by atoms with Crippen LogP contribution in [0, 0.1) is 0 Å². The molecule has 0 saturated carbocycles. The molecular weight excluding hydrogens is 288 g/mol. The molecule has 0 spiro atoms. The Morgan fingerprint density at radius 1 is 1.33 bits per heavy atom. The number of aldehydes is 1. The van der Waals surface area contributed by atoms with Crippen molar-refractivity contribution in [3.8, 4) is 5.75 Å². The molecular formula is C15H14N2O3S. The molecule has 0 aliphatic heterocycles. The SMILES string of the molecule is COc1ccc(Sc2ncccc2C=O)c(CNC=O)c1. The Hall–Kier alpha value is -2.34. The highest BCUT2D eigenvalue weighted by molar-refractivity contribution is 7.99. The van der Waals surface area contributed by atoms with E-state index in [9.17, 15) is 9.59 Å². The molecule has 1 aromatic heterocycles. The molecule has 0 radical (unpaired) electrons. The molecule has 1 heterocycles. The van der Waals surface area contributed by atoms with Crippen LogP contribution in [0.15, 0.2) is 46.5 Å². The lowest BCUT2D eigenvalue weighted by atomic mass is 10.2. The Bertz CT molecular complexity index is 647. The summed E-state index contributed by atoms with van der Waals surface area (Å²) in [4.78, 5) is 26.7. The summed E-state index contributed by atoms with van der Waals surface area (Å²) in [5, 5.41) is 3.26. The topological polar surface area (TPSA) is 68.3 Å². The van der Waals surface area contributed by atoms with Crippen LogP contribution in [-0.2, 0) is 11.3 Å². The van der Waals surface area contributed by atoms with Gasteiger partial charge in [0.15, 0.2) is 6.29 Å². The van der Waals surface area contributed by atoms with Gasteiger partial charge in [0.2, 0.25) is 6.41 Å². The van der Waals surface area contributed by atoms with Crippen LogP contribution in [0.5, 0.6) is 5.75 Å². The summed E-state index contributed by atoms with van der Waals surface area (Å²) in [7, 11) is 1.59. The quantitative estimate of drug-likeness (QED) is 0.795. The fourth-order valence-corrected chi connectivity index (χ4v) is 2.71. The van der Waals surface area contributed by atoms with E-state index in [4.69, 9.17) is 4.74 Å². The summed E-state index contributed by atoms with van der Waals surface area (Å²) in [6, 6.07) is 9.00. The van der Waals surface area contributed by atoms with Gasteiger partial charge in [0, 0.05) is 23.2 Å². The highest BCUT2D eigenvalue weighted by Gasteiger charge is 2.10. The smallest absolute Gasteiger partial charge is 0.207 e. The van der Waals surface area contributed by atoms with Gasteiger partial charge in [-0.05, 0) is 35.9 Å². The zero-order valence-corrected chi connectivity index (χ0v) is 12.2. The molecule has 1 N–H and O–H groups in total. The van der Waals surface area contributed by atoms with Crippen molar-refractivity contribution in [3.05, 3.63) is 47.7 Å². The summed E-state index contributed by atoms with van der Waals surface area (Å²) in [5.41, 5.74) is 1.43. The van der Waals surface area contributed by atoms with Crippen LogP contribution in [0.25, 0.3) is 0 Å². The van der Waals surface area contributed by atoms with Crippen LogP contribution in [-0.4, -0.2) is 24.8 Å². The first-order chi connectivity index (χ1) is 10.3. The number of hydrogen-bond acceptors (Lipinski definition) is 5. The Labute approximate surface area is 126 Å². The number of methoxy groups -OCH3 is 1. The molecule has 21 heavy (non-hydrogen) atoms. The Morgan fingerprint density at radius 2 is 2.19 bits per heavy atom. The molecule has 5 nitrogen and oxygen atoms in total. The lowest BCUT2D eigenvalue weighted by Gasteiger charge is -2.11. The number of hydrogen-bond donors (Lipinski definition) is 1. The Balaban J connectivity index is 2.33. The monoisotopic (exact) mass is 302 g/mol. The highest BCUT2D eigenvalue weighted by Crippen LogP contribution is 2.32. The van der Waals surface area contributed by atoms with Crippen LogP contribution < -0.4 is 10.1 Å². The maximum atomic E-state index is 11.0. The van der Waals surface area contributed by atoms with Crippen LogP contribution in [0.1, 0.15) is 15.9 Å². The third-order valence-corrected chi connectivity index (χ3v) is 3.93. The molecule has 2 aromatic rings. The number of nitrogens with zero attached hydrogens (tertiary/aromatic N) is 1. The van der Waals surface area contributed by atoms with E-state index >= 15 is 0 Å². The first-order valence-electron chi connectivity index (χ1n) is 6.20. The van der Waals surface area contributed by atoms with Gasteiger partial charge >= 0.3 is 0 Å². The van der Waals surface area contributed by atoms with Crippen molar-refractivity contribution in [1.29, 1.82) is 0 Å². The van der Waals surface area contributed by atoms with Crippen molar-refractivity contribution in [2.75, 3.05) is 7.11 Å². The molecule has 6 heteroatoms. The molecule has 1 aromatic carbocycles. The molecule has 0 aliphatic carbocycles. The number of nitrogens with one attached hydrogen (secondary N) is 1. The first-order valence-corrected chi connectivity index (χ1v) is 7.02. The van der Waals surface area contributed by atoms with E-state index in [0.717, 1.165) is 16.7 Å². The number of amides is 1. The van der Waals surface area contributed by atoms with Crippen molar-refractivity contribution >= 4 is 24.5 Å². The number of benzene rings is 1. The number of aromatic nitrogens is 1. The van der Waals surface area contributed by atoms with Gasteiger partial charge in [0.25, 0.3) is 0 Å². The Morgan fingerprint density at radius 3 is 2.90 bits per heavy atom. The molecule has 0 unspecified atom stereocenters. The second kappa shape index (κ2) is 7.44. The number of pyridine rings is 1. The number of carbonyl (C=O) groups is 2. The van der Waals surface area contributed by atoms with Crippen LogP contribution in [0.2, 0.25) is 0 Å². The maximum absolute atomic E-state index is 11.0. The minimum Gasteiger partial charge on any atom is -0.497 e. The van der Waals surface area contributed by atoms with Gasteiger partial charge < -0.3 is 10.1 Å². The normalized spacial score (nSPS) is 9.95. The van der Waals surface area contributed by atoms with E-state index in [-0.39, 0.29) is 0 Å². The van der Waals surface area contributed by atoms with E-state index in [0.29, 0.717) is 29.3 Å². The summed E-state index contributed by atoms with van der Waals surface area (Å²) in [6.45, 7) is 0.381. The van der Waals surface area contributed by atoms with Gasteiger partial charge in [0.05, 0.1) is 7.11 Å². The highest BCUT2D eigenvalue weighted by atomic mass is 32.2. The van der Waals surface area contributed by atoms with Crippen molar-refractivity contribution in [1.82, 2.24) is 10.3 Å². The molecule has 2 rings (SSSR count). The maximum Gasteiger partial charge on any atom is 0.207 e. The van der Waals surface area contributed by atoms with Gasteiger partial charge in [0.1, 0.15) is 10.8 Å². The molecule has 0 fully saturated rings. The van der Waals surface area contributed by atoms with E-state index < -0.39 is 0 Å². The first kappa shape index (κ1) is 15.1. The molecule has 0 aliphatic rings. The van der Waals surface area contributed by atoms with Crippen molar-refractivity contribution in [2.45, 2.75) is 16.5 Å². The number of ether oxygens (including phenoxy) is 1. The minimum absolute atomic E-state index is 0.381. The molecule has 0 saturated heterocycles. The minimum atomic E-state index is 0.381. The lowest BCUT2D eigenvalue weighted by Crippen LogP contribution is -2.10. The van der Waals surface area contributed by atoms with E-state index in [1.807, 2.05) is 18.2 Å². The third-order valence-electron chi connectivity index (χ3n) is 2.78. The number of rotatable bonds is 7. The second-order valence-corrected chi connectivity index (χ2v) is 5.12. The van der Waals surface area contributed by atoms with E-state index in [2.05, 4.69) is 10.3 Å². The number of carbonyl (C=O) groups excluding carboxylic acids is 2. The summed E-state index contributed by atoms with van der Waals surface area (Å²) >= 11 is 1.38. The standard InChI is InChI=1S/C15H14N2O3S/c1-20-13-4-5-14(12(7-13)8-16-10-19)21-15-11(9-18)3-2-6-17-15/h2-7,9-10H,8H2,1H3,(H,16,19). The lowest BCUT2D eigenvalue weighted by molar-refractivity contribution is -0.109. The molecule has 1 amide bonds. The second-order valence-electron chi connectivity index (χ2n) is 4.09. The third kappa shape index (κ3) is 3.82. The molecule has 108 valence electrons. The fraction of sp³-hybridized carbons (Fsp3) is 0.133.